The predicted molar refractivity (Wildman–Crippen MR) is 101 cm³/mol. The molecule has 0 aliphatic rings. The summed E-state index contributed by atoms with van der Waals surface area (Å²) in [6, 6.07) is 25.3. The normalized spacial score (nSPS) is 10.2. The van der Waals surface area contributed by atoms with Gasteiger partial charge in [0.05, 0.1) is 5.69 Å². The van der Waals surface area contributed by atoms with E-state index in [2.05, 4.69) is 10.6 Å². The van der Waals surface area contributed by atoms with Crippen LogP contribution in [-0.2, 0) is 0 Å². The van der Waals surface area contributed by atoms with E-state index in [1.807, 2.05) is 85.8 Å². The van der Waals surface area contributed by atoms with Gasteiger partial charge in [-0.3, -0.25) is 0 Å². The van der Waals surface area contributed by atoms with E-state index in [1.54, 1.807) is 11.8 Å². The van der Waals surface area contributed by atoms with Crippen molar-refractivity contribution >= 4 is 29.2 Å². The number of carbonyl (C=O) groups is 1. The number of hydrogen-bond donors (Lipinski definition) is 2. The number of rotatable bonds is 4. The molecule has 0 heterocycles. The number of para-hydroxylation sites is 1. The van der Waals surface area contributed by atoms with Crippen LogP contribution in [0.3, 0.4) is 0 Å². The first-order valence-electron chi connectivity index (χ1n) is 7.67. The summed E-state index contributed by atoms with van der Waals surface area (Å²) in [4.78, 5) is 14.4. The van der Waals surface area contributed by atoms with Gasteiger partial charge >= 0.3 is 6.03 Å². The molecule has 0 bridgehead atoms. The zero-order valence-corrected chi connectivity index (χ0v) is 14.1. The molecule has 0 aliphatic heterocycles. The third-order valence-electron chi connectivity index (χ3n) is 3.42. The number of amides is 2. The Labute approximate surface area is 146 Å². The van der Waals surface area contributed by atoms with Gasteiger partial charge in [0.25, 0.3) is 0 Å². The van der Waals surface area contributed by atoms with Crippen LogP contribution in [0.1, 0.15) is 5.56 Å². The van der Waals surface area contributed by atoms with E-state index in [-0.39, 0.29) is 6.03 Å². The maximum Gasteiger partial charge on any atom is 0.323 e. The summed E-state index contributed by atoms with van der Waals surface area (Å²) in [6.45, 7) is 2.01. The van der Waals surface area contributed by atoms with Crippen molar-refractivity contribution in [1.82, 2.24) is 0 Å². The molecule has 0 atom stereocenters. The van der Waals surface area contributed by atoms with Crippen LogP contribution in [0.2, 0.25) is 0 Å². The number of hydrogen-bond acceptors (Lipinski definition) is 2. The molecule has 3 aromatic rings. The highest BCUT2D eigenvalue weighted by atomic mass is 32.2. The minimum atomic E-state index is -0.250. The van der Waals surface area contributed by atoms with E-state index in [1.165, 1.54) is 0 Å². The Morgan fingerprint density at radius 1 is 0.792 bits per heavy atom. The fourth-order valence-electron chi connectivity index (χ4n) is 2.20. The van der Waals surface area contributed by atoms with Gasteiger partial charge in [0, 0.05) is 15.5 Å². The lowest BCUT2D eigenvalue weighted by Crippen LogP contribution is -2.19. The van der Waals surface area contributed by atoms with Gasteiger partial charge in [-0.1, -0.05) is 59.8 Å². The van der Waals surface area contributed by atoms with Crippen molar-refractivity contribution < 1.29 is 4.79 Å². The van der Waals surface area contributed by atoms with Gasteiger partial charge in [-0.15, -0.1) is 0 Å². The van der Waals surface area contributed by atoms with Crippen molar-refractivity contribution in [2.75, 3.05) is 10.6 Å². The maximum absolute atomic E-state index is 12.2. The van der Waals surface area contributed by atoms with Gasteiger partial charge < -0.3 is 10.6 Å². The molecule has 4 heteroatoms. The first-order chi connectivity index (χ1) is 11.7. The Hall–Kier alpha value is -2.72. The Kier molecular flexibility index (Phi) is 5.18. The molecule has 0 saturated heterocycles. The number of carbonyl (C=O) groups excluding carboxylic acids is 1. The molecular formula is C20H18N2OS. The van der Waals surface area contributed by atoms with Crippen LogP contribution in [-0.4, -0.2) is 6.03 Å². The van der Waals surface area contributed by atoms with Gasteiger partial charge in [-0.25, -0.2) is 4.79 Å². The Morgan fingerprint density at radius 2 is 1.46 bits per heavy atom. The van der Waals surface area contributed by atoms with E-state index in [4.69, 9.17) is 0 Å². The number of benzene rings is 3. The van der Waals surface area contributed by atoms with Crippen LogP contribution < -0.4 is 10.6 Å². The second-order valence-corrected chi connectivity index (χ2v) is 6.47. The first kappa shape index (κ1) is 16.1. The van der Waals surface area contributed by atoms with Gasteiger partial charge in [0.15, 0.2) is 0 Å². The van der Waals surface area contributed by atoms with E-state index in [9.17, 15) is 4.79 Å². The van der Waals surface area contributed by atoms with Crippen LogP contribution in [0.4, 0.5) is 16.2 Å². The number of anilines is 2. The molecule has 24 heavy (non-hydrogen) atoms. The summed E-state index contributed by atoms with van der Waals surface area (Å²) in [5.74, 6) is 0. The highest BCUT2D eigenvalue weighted by molar-refractivity contribution is 7.99. The molecular weight excluding hydrogens is 316 g/mol. The lowest BCUT2D eigenvalue weighted by Gasteiger charge is -2.12. The van der Waals surface area contributed by atoms with E-state index >= 15 is 0 Å². The summed E-state index contributed by atoms with van der Waals surface area (Å²) in [6.07, 6.45) is 0. The summed E-state index contributed by atoms with van der Waals surface area (Å²) < 4.78 is 0. The van der Waals surface area contributed by atoms with Gasteiger partial charge in [0.2, 0.25) is 0 Å². The molecule has 0 saturated carbocycles. The molecule has 120 valence electrons. The maximum atomic E-state index is 12.2. The van der Waals surface area contributed by atoms with Crippen molar-refractivity contribution in [2.45, 2.75) is 16.7 Å². The number of nitrogens with one attached hydrogen (secondary N) is 2. The van der Waals surface area contributed by atoms with E-state index in [0.29, 0.717) is 0 Å². The van der Waals surface area contributed by atoms with Crippen LogP contribution in [0, 0.1) is 6.92 Å². The topological polar surface area (TPSA) is 41.1 Å². The van der Waals surface area contributed by atoms with Gasteiger partial charge in [0.1, 0.15) is 0 Å². The average molecular weight is 334 g/mol. The smallest absolute Gasteiger partial charge is 0.308 e. The molecule has 0 radical (unpaired) electrons. The van der Waals surface area contributed by atoms with Crippen LogP contribution >= 0.6 is 11.8 Å². The third-order valence-corrected chi connectivity index (χ3v) is 4.50. The molecule has 3 rings (SSSR count). The van der Waals surface area contributed by atoms with Crippen molar-refractivity contribution in [2.24, 2.45) is 0 Å². The Balaban J connectivity index is 1.70. The van der Waals surface area contributed by atoms with E-state index in [0.717, 1.165) is 26.7 Å². The highest BCUT2D eigenvalue weighted by Gasteiger charge is 2.08. The summed E-state index contributed by atoms with van der Waals surface area (Å²) >= 11 is 1.62. The number of aryl methyl sites for hydroxylation is 1. The lowest BCUT2D eigenvalue weighted by molar-refractivity contribution is 0.262. The molecule has 3 nitrogen and oxygen atoms in total. The summed E-state index contributed by atoms with van der Waals surface area (Å²) in [5.41, 5.74) is 2.72. The van der Waals surface area contributed by atoms with Gasteiger partial charge in [-0.2, -0.15) is 0 Å². The lowest BCUT2D eigenvalue weighted by atomic mass is 10.2. The quantitative estimate of drug-likeness (QED) is 0.634. The fraction of sp³-hybridized carbons (Fsp3) is 0.0500. The van der Waals surface area contributed by atoms with Crippen molar-refractivity contribution in [3.63, 3.8) is 0 Å². The van der Waals surface area contributed by atoms with Gasteiger partial charge in [-0.05, 0) is 43.3 Å². The average Bonchev–Trinajstić information content (AvgIpc) is 2.60. The zero-order valence-electron chi connectivity index (χ0n) is 13.3. The van der Waals surface area contributed by atoms with Crippen LogP contribution in [0.25, 0.3) is 0 Å². The molecule has 0 spiro atoms. The standard InChI is InChI=1S/C20H18N2OS/c1-15-11-13-16(14-12-15)21-20(23)22-18-9-5-6-10-19(18)24-17-7-3-2-4-8-17/h2-14H,1H3,(H2,21,22,23). The van der Waals surface area contributed by atoms with Crippen molar-refractivity contribution in [3.05, 3.63) is 84.4 Å². The summed E-state index contributed by atoms with van der Waals surface area (Å²) in [7, 11) is 0. The first-order valence-corrected chi connectivity index (χ1v) is 8.49. The van der Waals surface area contributed by atoms with Crippen LogP contribution in [0.5, 0.6) is 0 Å². The minimum absolute atomic E-state index is 0.250. The molecule has 0 aliphatic carbocycles. The SMILES string of the molecule is Cc1ccc(NC(=O)Nc2ccccc2Sc2ccccc2)cc1. The zero-order chi connectivity index (χ0) is 16.8. The molecule has 2 N–H and O–H groups in total. The molecule has 2 amide bonds. The largest absolute Gasteiger partial charge is 0.323 e. The van der Waals surface area contributed by atoms with E-state index < -0.39 is 0 Å². The third kappa shape index (κ3) is 4.40. The molecule has 0 unspecified atom stereocenters. The number of urea groups is 1. The predicted octanol–water partition coefficient (Wildman–Crippen LogP) is 5.79. The van der Waals surface area contributed by atoms with Crippen molar-refractivity contribution in [3.8, 4) is 0 Å². The highest BCUT2D eigenvalue weighted by Crippen LogP contribution is 2.33. The monoisotopic (exact) mass is 334 g/mol. The second-order valence-electron chi connectivity index (χ2n) is 5.36. The Bertz CT molecular complexity index is 817. The fourth-order valence-corrected chi connectivity index (χ4v) is 3.12. The second kappa shape index (κ2) is 7.70. The summed E-state index contributed by atoms with van der Waals surface area (Å²) in [5, 5.41) is 5.77. The minimum Gasteiger partial charge on any atom is -0.308 e. The molecule has 0 fully saturated rings. The van der Waals surface area contributed by atoms with Crippen molar-refractivity contribution in [1.29, 1.82) is 0 Å². The molecule has 0 aromatic heterocycles. The molecule has 3 aromatic carbocycles. The Morgan fingerprint density at radius 3 is 2.21 bits per heavy atom. The van der Waals surface area contributed by atoms with Crippen LogP contribution in [0.15, 0.2) is 88.7 Å².